The van der Waals surface area contributed by atoms with Gasteiger partial charge in [-0.15, -0.1) is 0 Å². The van der Waals surface area contributed by atoms with Crippen molar-refractivity contribution >= 4 is 17.9 Å². The molecule has 0 aromatic rings. The lowest BCUT2D eigenvalue weighted by Crippen LogP contribution is -2.50. The molecule has 1 aliphatic carbocycles. The SMILES string of the molecule is CCC(C)(C)C(=O)OCC(=O)OC12CC(OC1=O)C1OC(C)(C)OC1C2. The molecule has 0 N–H and O–H groups in total. The van der Waals surface area contributed by atoms with Crippen molar-refractivity contribution in [1.82, 2.24) is 0 Å². The van der Waals surface area contributed by atoms with E-state index in [0.717, 1.165) is 0 Å². The van der Waals surface area contributed by atoms with Crippen LogP contribution in [-0.2, 0) is 38.1 Å². The molecule has 3 aliphatic rings. The maximum absolute atomic E-state index is 12.3. The summed E-state index contributed by atoms with van der Waals surface area (Å²) in [6.45, 7) is 8.36. The van der Waals surface area contributed by atoms with Crippen molar-refractivity contribution in [3.05, 3.63) is 0 Å². The van der Waals surface area contributed by atoms with Gasteiger partial charge >= 0.3 is 17.9 Å². The van der Waals surface area contributed by atoms with Crippen LogP contribution >= 0.6 is 0 Å². The Bertz CT molecular complexity index is 625. The van der Waals surface area contributed by atoms with E-state index in [0.29, 0.717) is 6.42 Å². The van der Waals surface area contributed by atoms with Crippen molar-refractivity contribution in [1.29, 1.82) is 0 Å². The summed E-state index contributed by atoms with van der Waals surface area (Å²) >= 11 is 0. The smallest absolute Gasteiger partial charge is 0.351 e. The summed E-state index contributed by atoms with van der Waals surface area (Å²) in [6.07, 6.45) is -0.327. The average Bonchev–Trinajstić information content (AvgIpc) is 2.99. The van der Waals surface area contributed by atoms with E-state index >= 15 is 0 Å². The second-order valence-corrected chi connectivity index (χ2v) is 8.27. The minimum atomic E-state index is -1.40. The Morgan fingerprint density at radius 1 is 1.19 bits per heavy atom. The molecule has 3 rings (SSSR count). The third-order valence-corrected chi connectivity index (χ3v) is 5.35. The van der Waals surface area contributed by atoms with E-state index in [1.165, 1.54) is 0 Å². The molecule has 26 heavy (non-hydrogen) atoms. The van der Waals surface area contributed by atoms with Gasteiger partial charge in [0.2, 0.25) is 5.60 Å². The lowest BCUT2D eigenvalue weighted by molar-refractivity contribution is -0.185. The van der Waals surface area contributed by atoms with E-state index in [1.54, 1.807) is 27.7 Å². The Morgan fingerprint density at radius 2 is 1.85 bits per heavy atom. The fourth-order valence-corrected chi connectivity index (χ4v) is 3.54. The van der Waals surface area contributed by atoms with Crippen LogP contribution < -0.4 is 0 Å². The van der Waals surface area contributed by atoms with E-state index in [2.05, 4.69) is 0 Å². The highest BCUT2D eigenvalue weighted by Crippen LogP contribution is 2.48. The minimum absolute atomic E-state index is 0.163. The first-order chi connectivity index (χ1) is 12.0. The van der Waals surface area contributed by atoms with Gasteiger partial charge in [-0.2, -0.15) is 0 Å². The highest BCUT2D eigenvalue weighted by Gasteiger charge is 2.65. The van der Waals surface area contributed by atoms with Gasteiger partial charge in [0.15, 0.2) is 12.4 Å². The first-order valence-electron chi connectivity index (χ1n) is 8.94. The van der Waals surface area contributed by atoms with Crippen molar-refractivity contribution in [3.63, 3.8) is 0 Å². The lowest BCUT2D eigenvalue weighted by atomic mass is 9.82. The summed E-state index contributed by atoms with van der Waals surface area (Å²) in [7, 11) is 0. The van der Waals surface area contributed by atoms with Crippen LogP contribution in [0.5, 0.6) is 0 Å². The van der Waals surface area contributed by atoms with Crippen LogP contribution in [0.15, 0.2) is 0 Å². The summed E-state index contributed by atoms with van der Waals surface area (Å²) in [5, 5.41) is 0. The van der Waals surface area contributed by atoms with Gasteiger partial charge in [0.1, 0.15) is 12.2 Å². The second kappa shape index (κ2) is 6.20. The molecule has 2 heterocycles. The molecule has 0 aromatic carbocycles. The van der Waals surface area contributed by atoms with E-state index < -0.39 is 53.5 Å². The van der Waals surface area contributed by atoms with Crippen LogP contribution in [0.1, 0.15) is 53.9 Å². The molecule has 4 unspecified atom stereocenters. The van der Waals surface area contributed by atoms with E-state index in [-0.39, 0.29) is 18.9 Å². The van der Waals surface area contributed by atoms with Crippen LogP contribution in [0.25, 0.3) is 0 Å². The summed E-state index contributed by atoms with van der Waals surface area (Å²) in [5.74, 6) is -2.65. The number of fused-ring (bicyclic) bond motifs is 4. The van der Waals surface area contributed by atoms with Gasteiger partial charge in [-0.25, -0.2) is 9.59 Å². The quantitative estimate of drug-likeness (QED) is 0.530. The molecule has 0 radical (unpaired) electrons. The number of esters is 3. The third-order valence-electron chi connectivity index (χ3n) is 5.35. The van der Waals surface area contributed by atoms with Gasteiger partial charge in [-0.3, -0.25) is 4.79 Å². The molecular weight excluding hydrogens is 344 g/mol. The average molecular weight is 370 g/mol. The molecule has 8 nitrogen and oxygen atoms in total. The topological polar surface area (TPSA) is 97.4 Å². The van der Waals surface area contributed by atoms with Gasteiger partial charge < -0.3 is 23.7 Å². The van der Waals surface area contributed by atoms with E-state index in [9.17, 15) is 14.4 Å². The van der Waals surface area contributed by atoms with E-state index in [1.807, 2.05) is 6.92 Å². The molecule has 8 heteroatoms. The Balaban J connectivity index is 1.63. The predicted molar refractivity (Wildman–Crippen MR) is 86.8 cm³/mol. The summed E-state index contributed by atoms with van der Waals surface area (Å²) in [5.41, 5.74) is -2.09. The van der Waals surface area contributed by atoms with Gasteiger partial charge in [-0.1, -0.05) is 6.92 Å². The maximum atomic E-state index is 12.3. The highest BCUT2D eigenvalue weighted by atomic mass is 16.8. The predicted octanol–water partition coefficient (Wildman–Crippen LogP) is 1.49. The van der Waals surface area contributed by atoms with Crippen molar-refractivity contribution in [2.24, 2.45) is 5.41 Å². The van der Waals surface area contributed by atoms with Crippen LogP contribution in [0.3, 0.4) is 0 Å². The number of carbonyl (C=O) groups is 3. The zero-order chi connectivity index (χ0) is 19.3. The summed E-state index contributed by atoms with van der Waals surface area (Å²) < 4.78 is 27.4. The number of ether oxygens (including phenoxy) is 5. The Labute approximate surface area is 152 Å². The molecule has 0 aromatic heterocycles. The van der Waals surface area contributed by atoms with Crippen molar-refractivity contribution < 1.29 is 38.1 Å². The number of carbonyl (C=O) groups excluding carboxylic acids is 3. The van der Waals surface area contributed by atoms with Crippen LogP contribution in [0.4, 0.5) is 0 Å². The molecule has 2 saturated heterocycles. The molecule has 2 aliphatic heterocycles. The third kappa shape index (κ3) is 3.32. The van der Waals surface area contributed by atoms with Gasteiger partial charge in [0.25, 0.3) is 0 Å². The Kier molecular flexibility index (Phi) is 4.55. The zero-order valence-corrected chi connectivity index (χ0v) is 15.8. The lowest BCUT2D eigenvalue weighted by Gasteiger charge is -2.33. The van der Waals surface area contributed by atoms with Crippen LogP contribution in [-0.4, -0.2) is 54.2 Å². The largest absolute Gasteiger partial charge is 0.456 e. The summed E-state index contributed by atoms with van der Waals surface area (Å²) in [4.78, 5) is 36.5. The summed E-state index contributed by atoms with van der Waals surface area (Å²) in [6, 6.07) is 0. The number of hydrogen-bond acceptors (Lipinski definition) is 8. The molecule has 2 bridgehead atoms. The fraction of sp³-hybridized carbons (Fsp3) is 0.833. The standard InChI is InChI=1S/C18H26O8/c1-6-16(2,3)14(20)22-9-12(19)25-18-7-10(23-15(18)21)13-11(8-18)24-17(4,5)26-13/h10-11,13H,6-9H2,1-5H3. The van der Waals surface area contributed by atoms with Gasteiger partial charge in [0, 0.05) is 12.8 Å². The Morgan fingerprint density at radius 3 is 2.50 bits per heavy atom. The van der Waals surface area contributed by atoms with Crippen molar-refractivity contribution in [3.8, 4) is 0 Å². The molecular formula is C18H26O8. The maximum Gasteiger partial charge on any atom is 0.351 e. The first-order valence-corrected chi connectivity index (χ1v) is 8.94. The molecule has 0 amide bonds. The molecule has 146 valence electrons. The second-order valence-electron chi connectivity index (χ2n) is 8.27. The fourth-order valence-electron chi connectivity index (χ4n) is 3.54. The molecule has 4 atom stereocenters. The van der Waals surface area contributed by atoms with Crippen LogP contribution in [0, 0.1) is 5.41 Å². The monoisotopic (exact) mass is 370 g/mol. The Hall–Kier alpha value is -1.67. The normalized spacial score (nSPS) is 34.8. The highest BCUT2D eigenvalue weighted by molar-refractivity contribution is 5.87. The van der Waals surface area contributed by atoms with E-state index in [4.69, 9.17) is 23.7 Å². The number of hydrogen-bond donors (Lipinski definition) is 0. The van der Waals surface area contributed by atoms with Crippen molar-refractivity contribution in [2.45, 2.75) is 83.6 Å². The molecule has 0 spiro atoms. The molecule has 1 saturated carbocycles. The van der Waals surface area contributed by atoms with Gasteiger partial charge in [0.05, 0.1) is 11.5 Å². The van der Waals surface area contributed by atoms with Crippen LogP contribution in [0.2, 0.25) is 0 Å². The zero-order valence-electron chi connectivity index (χ0n) is 15.8. The first kappa shape index (κ1) is 19.1. The van der Waals surface area contributed by atoms with Crippen molar-refractivity contribution in [2.75, 3.05) is 6.61 Å². The number of rotatable bonds is 5. The minimum Gasteiger partial charge on any atom is -0.456 e. The van der Waals surface area contributed by atoms with Gasteiger partial charge in [-0.05, 0) is 34.1 Å². The molecule has 3 fully saturated rings.